The van der Waals surface area contributed by atoms with Crippen molar-refractivity contribution in [3.05, 3.63) is 65.2 Å². The summed E-state index contributed by atoms with van der Waals surface area (Å²) in [7, 11) is 0. The molecule has 8 nitrogen and oxygen atoms in total. The summed E-state index contributed by atoms with van der Waals surface area (Å²) in [5.41, 5.74) is -1.97. The van der Waals surface area contributed by atoms with Crippen LogP contribution in [0.5, 0.6) is 5.75 Å². The lowest BCUT2D eigenvalue weighted by atomic mass is 10.0. The van der Waals surface area contributed by atoms with Crippen molar-refractivity contribution in [3.8, 4) is 5.75 Å². The van der Waals surface area contributed by atoms with E-state index in [-0.39, 0.29) is 17.7 Å². The molecule has 0 spiro atoms. The van der Waals surface area contributed by atoms with Crippen LogP contribution in [0.1, 0.15) is 58.2 Å². The molecule has 11 heteroatoms. The van der Waals surface area contributed by atoms with Gasteiger partial charge in [-0.15, -0.1) is 0 Å². The summed E-state index contributed by atoms with van der Waals surface area (Å²) in [6, 6.07) is 9.86. The summed E-state index contributed by atoms with van der Waals surface area (Å²) in [6.07, 6.45) is -6.34. The van der Waals surface area contributed by atoms with E-state index in [1.807, 2.05) is 0 Å². The smallest absolute Gasteiger partial charge is 0.444 e. The van der Waals surface area contributed by atoms with Gasteiger partial charge in [0.2, 0.25) is 5.91 Å². The Morgan fingerprint density at radius 1 is 0.842 bits per heavy atom. The largest absolute Gasteiger partial charge is 0.514 e. The van der Waals surface area contributed by atoms with Crippen molar-refractivity contribution in [3.63, 3.8) is 0 Å². The maximum Gasteiger partial charge on any atom is 0.514 e. The number of carbonyl (C=O) groups is 3. The monoisotopic (exact) mass is 538 g/mol. The zero-order valence-electron chi connectivity index (χ0n) is 22.2. The highest BCUT2D eigenvalue weighted by atomic mass is 19.4. The van der Waals surface area contributed by atoms with E-state index in [1.165, 1.54) is 30.3 Å². The third kappa shape index (κ3) is 10.7. The maximum absolute atomic E-state index is 13.3. The fraction of sp³-hybridized carbons (Fsp3) is 0.444. The van der Waals surface area contributed by atoms with Crippen molar-refractivity contribution in [2.24, 2.45) is 0 Å². The summed E-state index contributed by atoms with van der Waals surface area (Å²) in [6.45, 7) is 9.65. The number of halogens is 3. The fourth-order valence-electron chi connectivity index (χ4n) is 3.21. The van der Waals surface area contributed by atoms with Crippen LogP contribution in [0.3, 0.4) is 0 Å². The molecular formula is C27H33F3N2O6. The van der Waals surface area contributed by atoms with Crippen molar-refractivity contribution in [1.29, 1.82) is 0 Å². The molecule has 1 atom stereocenters. The average Bonchev–Trinajstić information content (AvgIpc) is 2.75. The molecule has 0 bridgehead atoms. The number of nitrogens with one attached hydrogen (secondary N) is 2. The third-order valence-electron chi connectivity index (χ3n) is 4.74. The minimum atomic E-state index is -4.58. The lowest BCUT2D eigenvalue weighted by molar-refractivity contribution is -0.138. The van der Waals surface area contributed by atoms with E-state index < -0.39 is 53.7 Å². The highest BCUT2D eigenvalue weighted by molar-refractivity contribution is 5.86. The van der Waals surface area contributed by atoms with Gasteiger partial charge in [0.15, 0.2) is 0 Å². The first-order chi connectivity index (χ1) is 17.4. The Bertz CT molecular complexity index is 1120. The van der Waals surface area contributed by atoms with Crippen LogP contribution in [-0.2, 0) is 33.4 Å². The number of amides is 2. The molecule has 0 aliphatic heterocycles. The number of carbonyl (C=O) groups excluding carboxylic acids is 3. The average molecular weight is 539 g/mol. The molecule has 0 aliphatic carbocycles. The minimum Gasteiger partial charge on any atom is -0.444 e. The molecule has 2 aromatic rings. The summed E-state index contributed by atoms with van der Waals surface area (Å²) < 4.78 is 55.4. The predicted molar refractivity (Wildman–Crippen MR) is 133 cm³/mol. The Morgan fingerprint density at radius 3 is 1.97 bits per heavy atom. The lowest BCUT2D eigenvalue weighted by Gasteiger charge is -2.24. The Morgan fingerprint density at radius 2 is 1.42 bits per heavy atom. The number of alkyl halides is 3. The third-order valence-corrected chi connectivity index (χ3v) is 4.74. The van der Waals surface area contributed by atoms with Crippen LogP contribution in [0.15, 0.2) is 48.5 Å². The van der Waals surface area contributed by atoms with E-state index in [0.29, 0.717) is 5.56 Å². The summed E-state index contributed by atoms with van der Waals surface area (Å²) in [4.78, 5) is 37.2. The first kappa shape index (κ1) is 30.5. The Kier molecular flexibility index (Phi) is 9.77. The molecule has 0 radical (unpaired) electrons. The van der Waals surface area contributed by atoms with Gasteiger partial charge in [0.1, 0.15) is 23.0 Å². The molecule has 0 heterocycles. The second-order valence-electron chi connectivity index (χ2n) is 10.5. The molecule has 0 aromatic heterocycles. The molecule has 0 saturated heterocycles. The number of hydrogen-bond acceptors (Lipinski definition) is 6. The van der Waals surface area contributed by atoms with E-state index in [2.05, 4.69) is 10.6 Å². The van der Waals surface area contributed by atoms with Crippen LogP contribution in [-0.4, -0.2) is 35.4 Å². The maximum atomic E-state index is 13.3. The molecule has 2 N–H and O–H groups in total. The van der Waals surface area contributed by atoms with Gasteiger partial charge >= 0.3 is 18.4 Å². The van der Waals surface area contributed by atoms with Gasteiger partial charge < -0.3 is 24.8 Å². The van der Waals surface area contributed by atoms with Crippen LogP contribution in [0, 0.1) is 0 Å². The lowest BCUT2D eigenvalue weighted by Crippen LogP contribution is -2.49. The topological polar surface area (TPSA) is 103 Å². The molecule has 0 fully saturated rings. The van der Waals surface area contributed by atoms with Crippen molar-refractivity contribution in [1.82, 2.24) is 10.6 Å². The van der Waals surface area contributed by atoms with E-state index in [0.717, 1.165) is 6.07 Å². The zero-order chi connectivity index (χ0) is 28.7. The summed E-state index contributed by atoms with van der Waals surface area (Å²) in [5, 5.41) is 4.94. The van der Waals surface area contributed by atoms with Gasteiger partial charge in [0.05, 0.1) is 5.56 Å². The second-order valence-corrected chi connectivity index (χ2v) is 10.5. The van der Waals surface area contributed by atoms with Gasteiger partial charge in [0, 0.05) is 13.0 Å². The molecule has 2 aromatic carbocycles. The van der Waals surface area contributed by atoms with E-state index in [4.69, 9.17) is 14.2 Å². The van der Waals surface area contributed by atoms with Crippen molar-refractivity contribution >= 4 is 18.2 Å². The number of alkyl carbamates (subject to hydrolysis) is 1. The highest BCUT2D eigenvalue weighted by Gasteiger charge is 2.33. The van der Waals surface area contributed by atoms with Gasteiger partial charge in [0.25, 0.3) is 0 Å². The quantitative estimate of drug-likeness (QED) is 0.343. The zero-order valence-corrected chi connectivity index (χ0v) is 22.2. The normalized spacial score (nSPS) is 12.8. The second kappa shape index (κ2) is 12.2. The Balaban J connectivity index is 2.15. The molecule has 208 valence electrons. The van der Waals surface area contributed by atoms with Crippen LogP contribution in [0.25, 0.3) is 0 Å². The van der Waals surface area contributed by atoms with Gasteiger partial charge in [-0.25, -0.2) is 9.59 Å². The van der Waals surface area contributed by atoms with E-state index >= 15 is 0 Å². The van der Waals surface area contributed by atoms with Crippen molar-refractivity contribution in [2.75, 3.05) is 0 Å². The number of rotatable bonds is 7. The Hall–Kier alpha value is -3.76. The van der Waals surface area contributed by atoms with E-state index in [1.54, 1.807) is 53.7 Å². The SMILES string of the molecule is CC(C)(C)OC(=O)N[C@@H](Cc1ccc(OC(=O)OC(C)(C)C)cc1)C(=O)NCc1ccccc1C(F)(F)F. The van der Waals surface area contributed by atoms with Gasteiger partial charge in [-0.3, -0.25) is 4.79 Å². The minimum absolute atomic E-state index is 0.0152. The van der Waals surface area contributed by atoms with Crippen LogP contribution >= 0.6 is 0 Å². The Labute approximate surface area is 219 Å². The molecule has 2 rings (SSSR count). The number of benzene rings is 2. The molecule has 0 saturated carbocycles. The fourth-order valence-corrected chi connectivity index (χ4v) is 3.21. The molecule has 0 unspecified atom stereocenters. The predicted octanol–water partition coefficient (Wildman–Crippen LogP) is 5.77. The molecule has 38 heavy (non-hydrogen) atoms. The van der Waals surface area contributed by atoms with Crippen LogP contribution < -0.4 is 15.4 Å². The highest BCUT2D eigenvalue weighted by Crippen LogP contribution is 2.31. The molecule has 2 amide bonds. The van der Waals surface area contributed by atoms with Gasteiger partial charge in [-0.1, -0.05) is 30.3 Å². The van der Waals surface area contributed by atoms with Gasteiger partial charge in [-0.05, 0) is 70.9 Å². The first-order valence-electron chi connectivity index (χ1n) is 11.8. The van der Waals surface area contributed by atoms with Crippen LogP contribution in [0.2, 0.25) is 0 Å². The summed E-state index contributed by atoms with van der Waals surface area (Å²) in [5.74, 6) is -0.505. The van der Waals surface area contributed by atoms with Crippen LogP contribution in [0.4, 0.5) is 22.8 Å². The van der Waals surface area contributed by atoms with Crippen molar-refractivity contribution < 1.29 is 41.8 Å². The molecule has 0 aliphatic rings. The van der Waals surface area contributed by atoms with Crippen molar-refractivity contribution in [2.45, 2.75) is 77.9 Å². The standard InChI is InChI=1S/C27H33F3N2O6/c1-25(2,3)37-23(34)32-21(22(33)31-16-18-9-7-8-10-20(18)27(28,29)30)15-17-11-13-19(14-12-17)36-24(35)38-26(4,5)6/h7-14,21H,15-16H2,1-6H3,(H,31,33)(H,32,34)/t21-/m0/s1. The number of ether oxygens (including phenoxy) is 3. The first-order valence-corrected chi connectivity index (χ1v) is 11.8. The van der Waals surface area contributed by atoms with E-state index in [9.17, 15) is 27.6 Å². The molecular weight excluding hydrogens is 505 g/mol. The summed E-state index contributed by atoms with van der Waals surface area (Å²) >= 11 is 0. The number of hydrogen-bond donors (Lipinski definition) is 2. The van der Waals surface area contributed by atoms with Gasteiger partial charge in [-0.2, -0.15) is 13.2 Å².